The lowest BCUT2D eigenvalue weighted by Gasteiger charge is -2.38. The molecule has 86 valence electrons. The van der Waals surface area contributed by atoms with Gasteiger partial charge >= 0.3 is 0 Å². The molecule has 0 saturated heterocycles. The summed E-state index contributed by atoms with van der Waals surface area (Å²) in [5, 5.41) is 0. The van der Waals surface area contributed by atoms with E-state index >= 15 is 0 Å². The molecule has 1 heterocycles. The Morgan fingerprint density at radius 2 is 2.00 bits per heavy atom. The van der Waals surface area contributed by atoms with Gasteiger partial charge in [-0.3, -0.25) is 9.03 Å². The second-order valence-electron chi connectivity index (χ2n) is 4.15. The predicted molar refractivity (Wildman–Crippen MR) is 71.3 cm³/mol. The summed E-state index contributed by atoms with van der Waals surface area (Å²) in [5.74, 6) is 3.76. The number of anilines is 1. The summed E-state index contributed by atoms with van der Waals surface area (Å²) in [5.41, 5.74) is 2.59. The third-order valence-electron chi connectivity index (χ3n) is 2.56. The zero-order valence-corrected chi connectivity index (χ0v) is 10.4. The van der Waals surface area contributed by atoms with E-state index in [1.165, 1.54) is 0 Å². The van der Waals surface area contributed by atoms with Gasteiger partial charge in [0, 0.05) is 11.6 Å². The standard InChI is InChI=1S/C12H16N2OS/c1-9(2)14-10(3)11-7-5-6-8-12(11)13-16(14,4)15/h5-9H,3-4H2,1-2H3,(H,13,15). The van der Waals surface area contributed by atoms with E-state index in [0.29, 0.717) is 0 Å². The average molecular weight is 236 g/mol. The Morgan fingerprint density at radius 1 is 1.38 bits per heavy atom. The second-order valence-corrected chi connectivity index (χ2v) is 6.03. The molecule has 0 spiro atoms. The first-order valence-electron chi connectivity index (χ1n) is 5.16. The fraction of sp³-hybridized carbons (Fsp3) is 0.250. The van der Waals surface area contributed by atoms with Crippen LogP contribution < -0.4 is 4.72 Å². The van der Waals surface area contributed by atoms with Crippen LogP contribution in [0, 0.1) is 0 Å². The molecule has 1 aliphatic rings. The SMILES string of the molecule is C=C1c2ccccc2NS(=C)(=O)N1C(C)C. The van der Waals surface area contributed by atoms with E-state index in [0.717, 1.165) is 16.9 Å². The molecule has 1 atom stereocenters. The molecule has 1 unspecified atom stereocenters. The zero-order chi connectivity index (χ0) is 11.9. The molecule has 1 aromatic carbocycles. The third kappa shape index (κ3) is 1.59. The lowest BCUT2D eigenvalue weighted by molar-refractivity contribution is 0.498. The van der Waals surface area contributed by atoms with Gasteiger partial charge in [-0.05, 0) is 25.8 Å². The van der Waals surface area contributed by atoms with Crippen molar-refractivity contribution in [1.82, 2.24) is 4.31 Å². The predicted octanol–water partition coefficient (Wildman–Crippen LogP) is 2.34. The highest BCUT2D eigenvalue weighted by Crippen LogP contribution is 2.34. The summed E-state index contributed by atoms with van der Waals surface area (Å²) < 4.78 is 17.1. The van der Waals surface area contributed by atoms with Crippen molar-refractivity contribution in [1.29, 1.82) is 0 Å². The Kier molecular flexibility index (Phi) is 2.46. The summed E-state index contributed by atoms with van der Waals surface area (Å²) in [6.07, 6.45) is 0. The van der Waals surface area contributed by atoms with Crippen molar-refractivity contribution in [2.75, 3.05) is 4.72 Å². The van der Waals surface area contributed by atoms with Gasteiger partial charge < -0.3 is 0 Å². The third-order valence-corrected chi connectivity index (χ3v) is 4.38. The van der Waals surface area contributed by atoms with Gasteiger partial charge in [-0.2, -0.15) is 0 Å². The Balaban J connectivity index is 2.61. The molecular formula is C12H16N2OS. The molecule has 1 N–H and O–H groups in total. The monoisotopic (exact) mass is 236 g/mol. The summed E-state index contributed by atoms with van der Waals surface area (Å²) in [6.45, 7) is 7.98. The van der Waals surface area contributed by atoms with Gasteiger partial charge in [0.15, 0.2) is 0 Å². The van der Waals surface area contributed by atoms with Crippen molar-refractivity contribution in [3.63, 3.8) is 0 Å². The maximum atomic E-state index is 12.4. The molecule has 0 saturated carbocycles. The van der Waals surface area contributed by atoms with Gasteiger partial charge in [0.1, 0.15) is 9.89 Å². The van der Waals surface area contributed by atoms with Crippen LogP contribution in [0.1, 0.15) is 19.4 Å². The lowest BCUT2D eigenvalue weighted by Crippen LogP contribution is -2.42. The number of benzene rings is 1. The molecule has 0 radical (unpaired) electrons. The largest absolute Gasteiger partial charge is 0.297 e. The van der Waals surface area contributed by atoms with Crippen molar-refractivity contribution in [2.45, 2.75) is 19.9 Å². The lowest BCUT2D eigenvalue weighted by atomic mass is 10.1. The minimum absolute atomic E-state index is 0.0957. The number of nitrogens with one attached hydrogen (secondary N) is 1. The van der Waals surface area contributed by atoms with Gasteiger partial charge in [0.2, 0.25) is 0 Å². The molecule has 3 nitrogen and oxygen atoms in total. The van der Waals surface area contributed by atoms with Crippen LogP contribution in [-0.2, 0) is 9.89 Å². The summed E-state index contributed by atoms with van der Waals surface area (Å²) in [6, 6.07) is 7.80. The number of hydrogen-bond donors (Lipinski definition) is 1. The smallest absolute Gasteiger partial charge is 0.131 e. The second kappa shape index (κ2) is 3.56. The first-order chi connectivity index (χ1) is 7.43. The number of hydrogen-bond acceptors (Lipinski definition) is 1. The number of rotatable bonds is 1. The van der Waals surface area contributed by atoms with Gasteiger partial charge in [0.25, 0.3) is 0 Å². The van der Waals surface area contributed by atoms with Gasteiger partial charge in [-0.15, -0.1) is 0 Å². The Morgan fingerprint density at radius 3 is 2.62 bits per heavy atom. The van der Waals surface area contributed by atoms with Gasteiger partial charge in [-0.25, -0.2) is 4.21 Å². The van der Waals surface area contributed by atoms with Crippen molar-refractivity contribution in [2.24, 2.45) is 0 Å². The summed E-state index contributed by atoms with van der Waals surface area (Å²) >= 11 is 0. The van der Waals surface area contributed by atoms with Crippen LogP contribution in [0.25, 0.3) is 5.70 Å². The van der Waals surface area contributed by atoms with Crippen LogP contribution in [-0.4, -0.2) is 20.4 Å². The molecule has 1 aromatic rings. The van der Waals surface area contributed by atoms with Crippen molar-refractivity contribution in [3.05, 3.63) is 36.4 Å². The molecule has 4 heteroatoms. The molecule has 0 bridgehead atoms. The van der Waals surface area contributed by atoms with Crippen molar-refractivity contribution in [3.8, 4) is 0 Å². The first kappa shape index (κ1) is 11.1. The van der Waals surface area contributed by atoms with E-state index < -0.39 is 9.89 Å². The fourth-order valence-corrected chi connectivity index (χ4v) is 3.75. The number of fused-ring (bicyclic) bond motifs is 1. The van der Waals surface area contributed by atoms with E-state index in [-0.39, 0.29) is 6.04 Å². The molecule has 0 fully saturated rings. The topological polar surface area (TPSA) is 32.3 Å². The highest BCUT2D eigenvalue weighted by Gasteiger charge is 2.28. The van der Waals surface area contributed by atoms with E-state index in [1.807, 2.05) is 38.1 Å². The highest BCUT2D eigenvalue weighted by molar-refractivity contribution is 7.99. The highest BCUT2D eigenvalue weighted by atomic mass is 32.2. The Labute approximate surface area is 97.1 Å². The van der Waals surface area contributed by atoms with Crippen LogP contribution in [0.4, 0.5) is 5.69 Å². The molecule has 0 amide bonds. The van der Waals surface area contributed by atoms with Crippen LogP contribution in [0.5, 0.6) is 0 Å². The normalized spacial score (nSPS) is 24.2. The van der Waals surface area contributed by atoms with Crippen LogP contribution in [0.3, 0.4) is 0 Å². The van der Waals surface area contributed by atoms with Crippen LogP contribution >= 0.6 is 0 Å². The fourth-order valence-electron chi connectivity index (χ4n) is 1.99. The van der Waals surface area contributed by atoms with E-state index in [2.05, 4.69) is 17.2 Å². The maximum absolute atomic E-state index is 12.4. The molecule has 0 aromatic heterocycles. The summed E-state index contributed by atoms with van der Waals surface area (Å²) in [4.78, 5) is 0. The molecular weight excluding hydrogens is 220 g/mol. The molecule has 1 aliphatic heterocycles. The number of para-hydroxylation sites is 1. The first-order valence-corrected chi connectivity index (χ1v) is 6.84. The summed E-state index contributed by atoms with van der Waals surface area (Å²) in [7, 11) is -2.50. The molecule has 16 heavy (non-hydrogen) atoms. The minimum Gasteiger partial charge on any atom is -0.297 e. The molecule has 2 rings (SSSR count). The van der Waals surface area contributed by atoms with Gasteiger partial charge in [0.05, 0.1) is 11.4 Å². The zero-order valence-electron chi connectivity index (χ0n) is 9.56. The van der Waals surface area contributed by atoms with Gasteiger partial charge in [-0.1, -0.05) is 24.8 Å². The molecule has 0 aliphatic carbocycles. The Bertz CT molecular complexity index is 532. The van der Waals surface area contributed by atoms with Crippen LogP contribution in [0.15, 0.2) is 30.8 Å². The van der Waals surface area contributed by atoms with Crippen molar-refractivity contribution < 1.29 is 4.21 Å². The minimum atomic E-state index is -2.50. The van der Waals surface area contributed by atoms with E-state index in [1.54, 1.807) is 4.31 Å². The van der Waals surface area contributed by atoms with E-state index in [9.17, 15) is 4.21 Å². The quantitative estimate of drug-likeness (QED) is 0.746. The number of nitrogens with zero attached hydrogens (tertiary/aromatic N) is 1. The van der Waals surface area contributed by atoms with Crippen LogP contribution in [0.2, 0.25) is 0 Å². The Hall–Kier alpha value is -1.42. The van der Waals surface area contributed by atoms with Crippen molar-refractivity contribution >= 4 is 27.1 Å². The average Bonchev–Trinajstić information content (AvgIpc) is 2.15. The van der Waals surface area contributed by atoms with E-state index in [4.69, 9.17) is 0 Å². The maximum Gasteiger partial charge on any atom is 0.131 e.